The lowest BCUT2D eigenvalue weighted by Gasteiger charge is -2.09. The normalized spacial score (nSPS) is 10.5. The van der Waals surface area contributed by atoms with Crippen LogP contribution in [0.1, 0.15) is 28.5 Å². The van der Waals surface area contributed by atoms with Gasteiger partial charge in [0.2, 0.25) is 5.78 Å². The maximum atomic E-state index is 12.8. The van der Waals surface area contributed by atoms with Gasteiger partial charge in [0.25, 0.3) is 0 Å². The van der Waals surface area contributed by atoms with Crippen LogP contribution in [-0.2, 0) is 6.42 Å². The summed E-state index contributed by atoms with van der Waals surface area (Å²) in [5.41, 5.74) is 3.06. The van der Waals surface area contributed by atoms with E-state index in [-0.39, 0.29) is 5.78 Å². The summed E-state index contributed by atoms with van der Waals surface area (Å²) in [6.45, 7) is 2.02. The van der Waals surface area contributed by atoms with Gasteiger partial charge in [-0.2, -0.15) is 5.10 Å². The van der Waals surface area contributed by atoms with E-state index in [1.54, 1.807) is 35.4 Å². The van der Waals surface area contributed by atoms with E-state index in [9.17, 15) is 4.79 Å². The molecule has 3 rings (SSSR count). The van der Waals surface area contributed by atoms with Gasteiger partial charge in [-0.05, 0) is 36.2 Å². The standard InChI is InChI=1S/C17H15N3O/c1-2-13-12-18-10-8-15(13)17(21)16-9-11-19-20(16)14-6-4-3-5-7-14/h3-12H,2H2,1H3. The molecule has 0 radical (unpaired) electrons. The predicted molar refractivity (Wildman–Crippen MR) is 80.6 cm³/mol. The molecule has 0 aliphatic heterocycles. The Morgan fingerprint density at radius 3 is 2.67 bits per heavy atom. The van der Waals surface area contributed by atoms with Gasteiger partial charge in [-0.3, -0.25) is 9.78 Å². The van der Waals surface area contributed by atoms with Crippen molar-refractivity contribution >= 4 is 5.78 Å². The molecule has 21 heavy (non-hydrogen) atoms. The number of pyridine rings is 1. The maximum absolute atomic E-state index is 12.8. The van der Waals surface area contributed by atoms with E-state index in [4.69, 9.17) is 0 Å². The van der Waals surface area contributed by atoms with Gasteiger partial charge >= 0.3 is 0 Å². The van der Waals surface area contributed by atoms with Crippen LogP contribution in [0.5, 0.6) is 0 Å². The van der Waals surface area contributed by atoms with Crippen molar-refractivity contribution in [3.05, 3.63) is 77.9 Å². The second-order valence-electron chi connectivity index (χ2n) is 4.68. The summed E-state index contributed by atoms with van der Waals surface area (Å²) < 4.78 is 1.67. The third-order valence-corrected chi connectivity index (χ3v) is 3.41. The van der Waals surface area contributed by atoms with Gasteiger partial charge < -0.3 is 0 Å². The van der Waals surface area contributed by atoms with E-state index >= 15 is 0 Å². The van der Waals surface area contributed by atoms with E-state index in [0.717, 1.165) is 17.7 Å². The molecule has 104 valence electrons. The number of carbonyl (C=O) groups is 1. The molecule has 4 heteroatoms. The maximum Gasteiger partial charge on any atom is 0.211 e. The number of hydrogen-bond donors (Lipinski definition) is 0. The van der Waals surface area contributed by atoms with Crippen LogP contribution in [0.3, 0.4) is 0 Å². The highest BCUT2D eigenvalue weighted by Gasteiger charge is 2.17. The first-order valence-corrected chi connectivity index (χ1v) is 6.88. The molecule has 0 atom stereocenters. The Bertz CT molecular complexity index is 762. The van der Waals surface area contributed by atoms with E-state index in [1.807, 2.05) is 37.3 Å². The first-order valence-electron chi connectivity index (χ1n) is 6.88. The Morgan fingerprint density at radius 1 is 1.10 bits per heavy atom. The molecule has 0 amide bonds. The summed E-state index contributed by atoms with van der Waals surface area (Å²) in [6, 6.07) is 13.2. The predicted octanol–water partition coefficient (Wildman–Crippen LogP) is 3.06. The zero-order chi connectivity index (χ0) is 14.7. The fourth-order valence-corrected chi connectivity index (χ4v) is 2.32. The van der Waals surface area contributed by atoms with Crippen LogP contribution in [0.2, 0.25) is 0 Å². The molecule has 2 heterocycles. The van der Waals surface area contributed by atoms with Gasteiger partial charge in [0.15, 0.2) is 0 Å². The first kappa shape index (κ1) is 13.2. The molecule has 0 bridgehead atoms. The van der Waals surface area contributed by atoms with Crippen LogP contribution in [0.15, 0.2) is 61.1 Å². The third kappa shape index (κ3) is 2.48. The fraction of sp³-hybridized carbons (Fsp3) is 0.118. The Labute approximate surface area is 123 Å². The van der Waals surface area contributed by atoms with Crippen molar-refractivity contribution in [3.63, 3.8) is 0 Å². The van der Waals surface area contributed by atoms with Crippen LogP contribution in [0.25, 0.3) is 5.69 Å². The summed E-state index contributed by atoms with van der Waals surface area (Å²) in [4.78, 5) is 16.9. The molecule has 0 saturated heterocycles. The van der Waals surface area contributed by atoms with Crippen molar-refractivity contribution in [3.8, 4) is 5.69 Å². The zero-order valence-electron chi connectivity index (χ0n) is 11.7. The van der Waals surface area contributed by atoms with Crippen molar-refractivity contribution in [1.29, 1.82) is 0 Å². The number of rotatable bonds is 4. The van der Waals surface area contributed by atoms with Crippen molar-refractivity contribution in [2.24, 2.45) is 0 Å². The highest BCUT2D eigenvalue weighted by atomic mass is 16.1. The van der Waals surface area contributed by atoms with Crippen molar-refractivity contribution in [2.75, 3.05) is 0 Å². The number of aryl methyl sites for hydroxylation is 1. The number of para-hydroxylation sites is 1. The quantitative estimate of drug-likeness (QED) is 0.689. The molecule has 0 unspecified atom stereocenters. The summed E-state index contributed by atoms with van der Waals surface area (Å²) in [5.74, 6) is -0.0318. The van der Waals surface area contributed by atoms with Crippen LogP contribution >= 0.6 is 0 Å². The second-order valence-corrected chi connectivity index (χ2v) is 4.68. The van der Waals surface area contributed by atoms with E-state index < -0.39 is 0 Å². The SMILES string of the molecule is CCc1cnccc1C(=O)c1ccnn1-c1ccccc1. The molecule has 4 nitrogen and oxygen atoms in total. The molecule has 0 saturated carbocycles. The largest absolute Gasteiger partial charge is 0.287 e. The van der Waals surface area contributed by atoms with E-state index in [1.165, 1.54) is 0 Å². The van der Waals surface area contributed by atoms with Gasteiger partial charge in [-0.1, -0.05) is 25.1 Å². The number of ketones is 1. The molecule has 3 aromatic rings. The van der Waals surface area contributed by atoms with Crippen LogP contribution in [0.4, 0.5) is 0 Å². The van der Waals surface area contributed by atoms with Crippen molar-refractivity contribution < 1.29 is 4.79 Å². The zero-order valence-corrected chi connectivity index (χ0v) is 11.7. The molecule has 0 spiro atoms. The summed E-state index contributed by atoms with van der Waals surface area (Å²) >= 11 is 0. The molecule has 0 fully saturated rings. The Kier molecular flexibility index (Phi) is 3.60. The van der Waals surface area contributed by atoms with Gasteiger partial charge in [-0.25, -0.2) is 4.68 Å². The fourth-order valence-electron chi connectivity index (χ4n) is 2.32. The third-order valence-electron chi connectivity index (χ3n) is 3.41. The number of hydrogen-bond acceptors (Lipinski definition) is 3. The highest BCUT2D eigenvalue weighted by molar-refractivity contribution is 6.09. The van der Waals surface area contributed by atoms with E-state index in [0.29, 0.717) is 11.3 Å². The second kappa shape index (κ2) is 5.71. The first-order chi connectivity index (χ1) is 10.3. The van der Waals surface area contributed by atoms with Crippen molar-refractivity contribution in [2.45, 2.75) is 13.3 Å². The topological polar surface area (TPSA) is 47.8 Å². The molecule has 1 aromatic carbocycles. The summed E-state index contributed by atoms with van der Waals surface area (Å²) in [5, 5.41) is 4.27. The van der Waals surface area contributed by atoms with Gasteiger partial charge in [0.1, 0.15) is 5.69 Å². The molecular formula is C17H15N3O. The van der Waals surface area contributed by atoms with Gasteiger partial charge in [0.05, 0.1) is 11.9 Å². The van der Waals surface area contributed by atoms with Crippen LogP contribution in [0, 0.1) is 0 Å². The highest BCUT2D eigenvalue weighted by Crippen LogP contribution is 2.17. The monoisotopic (exact) mass is 277 g/mol. The minimum absolute atomic E-state index is 0.0318. The van der Waals surface area contributed by atoms with Gasteiger partial charge in [0, 0.05) is 18.0 Å². The van der Waals surface area contributed by atoms with E-state index in [2.05, 4.69) is 10.1 Å². The molecular weight excluding hydrogens is 262 g/mol. The molecule has 0 aliphatic carbocycles. The summed E-state index contributed by atoms with van der Waals surface area (Å²) in [7, 11) is 0. The summed E-state index contributed by atoms with van der Waals surface area (Å²) in [6.07, 6.45) is 5.81. The number of carbonyl (C=O) groups excluding carboxylic acids is 1. The lowest BCUT2D eigenvalue weighted by atomic mass is 10.0. The molecule has 2 aromatic heterocycles. The van der Waals surface area contributed by atoms with Crippen LogP contribution in [-0.4, -0.2) is 20.5 Å². The van der Waals surface area contributed by atoms with Crippen molar-refractivity contribution in [1.82, 2.24) is 14.8 Å². The Balaban J connectivity index is 2.06. The van der Waals surface area contributed by atoms with Crippen LogP contribution < -0.4 is 0 Å². The minimum Gasteiger partial charge on any atom is -0.287 e. The Morgan fingerprint density at radius 2 is 1.90 bits per heavy atom. The van der Waals surface area contributed by atoms with Gasteiger partial charge in [-0.15, -0.1) is 0 Å². The average molecular weight is 277 g/mol. The lowest BCUT2D eigenvalue weighted by molar-refractivity contribution is 0.103. The smallest absolute Gasteiger partial charge is 0.211 e. The number of nitrogens with zero attached hydrogens (tertiary/aromatic N) is 3. The number of benzene rings is 1. The molecule has 0 N–H and O–H groups in total. The number of aromatic nitrogens is 3. The minimum atomic E-state index is -0.0318. The lowest BCUT2D eigenvalue weighted by Crippen LogP contribution is -2.12. The Hall–Kier alpha value is -2.75. The average Bonchev–Trinajstić information content (AvgIpc) is 3.04. The molecule has 0 aliphatic rings.